The summed E-state index contributed by atoms with van der Waals surface area (Å²) >= 11 is 12.0. The van der Waals surface area contributed by atoms with E-state index < -0.39 is 6.23 Å². The van der Waals surface area contributed by atoms with Crippen LogP contribution >= 0.6 is 23.2 Å². The molecule has 5 heteroatoms. The first-order chi connectivity index (χ1) is 9.63. The van der Waals surface area contributed by atoms with Gasteiger partial charge in [0.2, 0.25) is 0 Å². The van der Waals surface area contributed by atoms with Crippen molar-refractivity contribution in [3.8, 4) is 0 Å². The van der Waals surface area contributed by atoms with Gasteiger partial charge in [-0.2, -0.15) is 0 Å². The number of hydrogen-bond donors (Lipinski definition) is 2. The number of rotatable bonds is 1. The summed E-state index contributed by atoms with van der Waals surface area (Å²) in [6.07, 6.45) is -0.799. The van der Waals surface area contributed by atoms with Crippen LogP contribution in [0.3, 0.4) is 0 Å². The largest absolute Gasteiger partial charge is 0.380 e. The molecule has 0 saturated heterocycles. The summed E-state index contributed by atoms with van der Waals surface area (Å²) < 4.78 is 0. The normalized spacial score (nSPS) is 17.8. The van der Waals surface area contributed by atoms with Crippen LogP contribution in [0, 0.1) is 0 Å². The Bertz CT molecular complexity index is 668. The summed E-state index contributed by atoms with van der Waals surface area (Å²) in [4.78, 5) is 4.37. The molecule has 20 heavy (non-hydrogen) atoms. The first-order valence-electron chi connectivity index (χ1n) is 6.19. The minimum absolute atomic E-state index is 0.367. The van der Waals surface area contributed by atoms with Crippen molar-refractivity contribution in [3.05, 3.63) is 63.6 Å². The molecule has 1 unspecified atom stereocenters. The van der Waals surface area contributed by atoms with Crippen molar-refractivity contribution in [1.29, 1.82) is 0 Å². The van der Waals surface area contributed by atoms with Gasteiger partial charge in [-0.3, -0.25) is 4.99 Å². The summed E-state index contributed by atoms with van der Waals surface area (Å²) in [5.74, 6) is 0. The molecule has 1 heterocycles. The third-order valence-corrected chi connectivity index (χ3v) is 3.59. The van der Waals surface area contributed by atoms with Crippen molar-refractivity contribution < 1.29 is 5.11 Å². The van der Waals surface area contributed by atoms with E-state index >= 15 is 0 Å². The van der Waals surface area contributed by atoms with Crippen LogP contribution < -0.4 is 5.32 Å². The van der Waals surface area contributed by atoms with Crippen LogP contribution in [0.15, 0.2) is 47.5 Å². The van der Waals surface area contributed by atoms with Crippen LogP contribution in [0.5, 0.6) is 0 Å². The lowest BCUT2D eigenvalue weighted by atomic mass is 10.0. The monoisotopic (exact) mass is 306 g/mol. The molecule has 102 valence electrons. The number of anilines is 1. The lowest BCUT2D eigenvalue weighted by Gasteiger charge is -2.10. The molecule has 3 rings (SSSR count). The van der Waals surface area contributed by atoms with Gasteiger partial charge in [-0.1, -0.05) is 35.3 Å². The minimum atomic E-state index is -0.799. The fourth-order valence-corrected chi connectivity index (χ4v) is 2.47. The van der Waals surface area contributed by atoms with Gasteiger partial charge in [-0.05, 0) is 30.3 Å². The number of fused-ring (bicyclic) bond motifs is 1. The fraction of sp³-hybridized carbons (Fsp3) is 0.133. The Hall–Kier alpha value is -1.55. The molecule has 0 fully saturated rings. The lowest BCUT2D eigenvalue weighted by Crippen LogP contribution is -2.15. The topological polar surface area (TPSA) is 44.6 Å². The lowest BCUT2D eigenvalue weighted by molar-refractivity contribution is 0.199. The van der Waals surface area contributed by atoms with Crippen molar-refractivity contribution in [2.45, 2.75) is 6.23 Å². The summed E-state index contributed by atoms with van der Waals surface area (Å²) in [6, 6.07) is 12.9. The van der Waals surface area contributed by atoms with Crippen LogP contribution in [0.4, 0.5) is 5.69 Å². The second kappa shape index (κ2) is 5.44. The Morgan fingerprint density at radius 3 is 2.50 bits per heavy atom. The van der Waals surface area contributed by atoms with Crippen molar-refractivity contribution in [2.24, 2.45) is 4.99 Å². The van der Waals surface area contributed by atoms with Gasteiger partial charge in [0.05, 0.1) is 12.3 Å². The van der Waals surface area contributed by atoms with Crippen LogP contribution in [-0.2, 0) is 0 Å². The van der Waals surface area contributed by atoms with E-state index in [1.165, 1.54) is 0 Å². The van der Waals surface area contributed by atoms with Gasteiger partial charge in [0.25, 0.3) is 0 Å². The van der Waals surface area contributed by atoms with Crippen molar-refractivity contribution >= 4 is 34.6 Å². The Morgan fingerprint density at radius 1 is 1.05 bits per heavy atom. The van der Waals surface area contributed by atoms with E-state index in [2.05, 4.69) is 10.3 Å². The van der Waals surface area contributed by atoms with E-state index in [1.807, 2.05) is 30.3 Å². The van der Waals surface area contributed by atoms with Crippen LogP contribution in [0.2, 0.25) is 10.0 Å². The predicted octanol–water partition coefficient (Wildman–Crippen LogP) is 3.57. The van der Waals surface area contributed by atoms with Gasteiger partial charge in [0, 0.05) is 26.9 Å². The molecule has 0 bridgehead atoms. The SMILES string of the molecule is OC1CNc2ccc(Cl)cc2C(c2ccc(Cl)cc2)=N1. The molecule has 1 aliphatic heterocycles. The van der Waals surface area contributed by atoms with E-state index in [9.17, 15) is 5.11 Å². The van der Waals surface area contributed by atoms with E-state index in [1.54, 1.807) is 12.1 Å². The molecule has 0 amide bonds. The molecule has 0 radical (unpaired) electrons. The van der Waals surface area contributed by atoms with E-state index in [0.717, 1.165) is 16.8 Å². The zero-order chi connectivity index (χ0) is 14.1. The van der Waals surface area contributed by atoms with Crippen molar-refractivity contribution in [2.75, 3.05) is 11.9 Å². The number of aliphatic imine (C=N–C) groups is 1. The van der Waals surface area contributed by atoms with Gasteiger partial charge in [0.1, 0.15) is 0 Å². The van der Waals surface area contributed by atoms with E-state index in [4.69, 9.17) is 23.2 Å². The van der Waals surface area contributed by atoms with E-state index in [0.29, 0.717) is 22.3 Å². The van der Waals surface area contributed by atoms with Crippen molar-refractivity contribution in [3.63, 3.8) is 0 Å². The smallest absolute Gasteiger partial charge is 0.163 e. The molecule has 1 atom stereocenters. The highest BCUT2D eigenvalue weighted by Gasteiger charge is 2.18. The quantitative estimate of drug-likeness (QED) is 0.846. The van der Waals surface area contributed by atoms with Crippen LogP contribution in [0.1, 0.15) is 11.1 Å². The zero-order valence-electron chi connectivity index (χ0n) is 10.5. The third kappa shape index (κ3) is 2.66. The fourth-order valence-electron chi connectivity index (χ4n) is 2.17. The Balaban J connectivity index is 2.16. The number of halogens is 2. The number of benzodiazepines with no additional fused rings is 1. The maximum Gasteiger partial charge on any atom is 0.163 e. The highest BCUT2D eigenvalue weighted by molar-refractivity contribution is 6.32. The van der Waals surface area contributed by atoms with Gasteiger partial charge in [0.15, 0.2) is 6.23 Å². The molecule has 2 aromatic carbocycles. The summed E-state index contributed by atoms with van der Waals surface area (Å²) in [7, 11) is 0. The molecular weight excluding hydrogens is 295 g/mol. The van der Waals surface area contributed by atoms with Gasteiger partial charge in [-0.15, -0.1) is 0 Å². The van der Waals surface area contributed by atoms with E-state index in [-0.39, 0.29) is 0 Å². The van der Waals surface area contributed by atoms with Crippen molar-refractivity contribution in [1.82, 2.24) is 0 Å². The second-order valence-corrected chi connectivity index (χ2v) is 5.41. The number of aliphatic hydroxyl groups excluding tert-OH is 1. The standard InChI is InChI=1S/C15H12Cl2N2O/c16-10-3-1-9(2-4-10)15-12-7-11(17)5-6-13(12)18-8-14(20)19-15/h1-7,14,18,20H,8H2. The molecule has 0 saturated carbocycles. The molecule has 1 aliphatic rings. The summed E-state index contributed by atoms with van der Waals surface area (Å²) in [5, 5.41) is 14.4. The molecule has 0 aliphatic carbocycles. The summed E-state index contributed by atoms with van der Waals surface area (Å²) in [6.45, 7) is 0.367. The molecule has 0 aromatic heterocycles. The Labute approximate surface area is 126 Å². The van der Waals surface area contributed by atoms with Gasteiger partial charge < -0.3 is 10.4 Å². The Kier molecular flexibility index (Phi) is 3.66. The minimum Gasteiger partial charge on any atom is -0.380 e. The van der Waals surface area contributed by atoms with Gasteiger partial charge in [-0.25, -0.2) is 0 Å². The number of nitrogens with one attached hydrogen (secondary N) is 1. The van der Waals surface area contributed by atoms with Crippen LogP contribution in [-0.4, -0.2) is 23.6 Å². The number of benzene rings is 2. The van der Waals surface area contributed by atoms with Gasteiger partial charge >= 0.3 is 0 Å². The third-order valence-electron chi connectivity index (χ3n) is 3.11. The molecule has 3 nitrogen and oxygen atoms in total. The molecular formula is C15H12Cl2N2O. The second-order valence-electron chi connectivity index (χ2n) is 4.54. The first kappa shape index (κ1) is 13.4. The first-order valence-corrected chi connectivity index (χ1v) is 6.95. The number of β-amino-alcohol motifs (C(OH)–C–C–N with tert-alkyl or cyclic N) is 1. The maximum absolute atomic E-state index is 9.91. The number of aliphatic hydroxyl groups is 1. The average molecular weight is 307 g/mol. The number of hydrogen-bond acceptors (Lipinski definition) is 3. The zero-order valence-corrected chi connectivity index (χ0v) is 12.0. The van der Waals surface area contributed by atoms with Crippen LogP contribution in [0.25, 0.3) is 0 Å². The molecule has 2 aromatic rings. The maximum atomic E-state index is 9.91. The molecule has 2 N–H and O–H groups in total. The molecule has 0 spiro atoms. The highest BCUT2D eigenvalue weighted by Crippen LogP contribution is 2.27. The summed E-state index contributed by atoms with van der Waals surface area (Å²) in [5.41, 5.74) is 3.37. The highest BCUT2D eigenvalue weighted by atomic mass is 35.5. The predicted molar refractivity (Wildman–Crippen MR) is 83.0 cm³/mol. The number of nitrogens with zero attached hydrogens (tertiary/aromatic N) is 1. The Morgan fingerprint density at radius 2 is 1.75 bits per heavy atom. The average Bonchev–Trinajstić information content (AvgIpc) is 2.59.